The summed E-state index contributed by atoms with van der Waals surface area (Å²) in [6.45, 7) is 0. The van der Waals surface area contributed by atoms with Gasteiger partial charge in [-0.1, -0.05) is 60.7 Å². The first kappa shape index (κ1) is 25.8. The number of hydrogen-bond acceptors (Lipinski definition) is 2. The number of hydrogen-bond donors (Lipinski definition) is 0. The van der Waals surface area contributed by atoms with Crippen molar-refractivity contribution in [1.82, 2.24) is 0 Å². The van der Waals surface area contributed by atoms with E-state index >= 15 is 0 Å². The van der Waals surface area contributed by atoms with Gasteiger partial charge in [-0.05, 0) is 40.8 Å². The SMILES string of the molecule is Cl[SH+]c1ccc(Oc2cccs2)c(-c2ccccc2)c1-c1ccccc1.[F][Sb-]([F])([F])([F])([F])[F]. The molecule has 4 aromatic rings. The van der Waals surface area contributed by atoms with E-state index in [1.807, 2.05) is 66.0 Å². The van der Waals surface area contributed by atoms with Crippen molar-refractivity contribution in [2.45, 2.75) is 4.90 Å². The molecule has 0 atom stereocenters. The molecular formula is C22H16ClF6OS2Sb. The minimum atomic E-state index is -11.2. The molecule has 0 bridgehead atoms. The fourth-order valence-electron chi connectivity index (χ4n) is 2.95. The van der Waals surface area contributed by atoms with Crippen molar-refractivity contribution in [3.63, 3.8) is 0 Å². The fourth-order valence-corrected chi connectivity index (χ4v) is 4.41. The van der Waals surface area contributed by atoms with E-state index in [1.165, 1.54) is 0 Å². The van der Waals surface area contributed by atoms with Gasteiger partial charge in [0.1, 0.15) is 16.7 Å². The van der Waals surface area contributed by atoms with Crippen molar-refractivity contribution in [3.8, 4) is 33.1 Å². The van der Waals surface area contributed by atoms with E-state index in [1.54, 1.807) is 11.3 Å². The molecule has 0 N–H and O–H groups in total. The van der Waals surface area contributed by atoms with Crippen LogP contribution in [0.2, 0.25) is 0 Å². The van der Waals surface area contributed by atoms with Gasteiger partial charge in [0, 0.05) is 11.1 Å². The van der Waals surface area contributed by atoms with Gasteiger partial charge < -0.3 is 4.74 Å². The molecule has 0 aliphatic carbocycles. The molecule has 0 aliphatic rings. The number of thiol groups is 1. The average Bonchev–Trinajstić information content (AvgIpc) is 3.25. The van der Waals surface area contributed by atoms with Crippen LogP contribution in [-0.4, -0.2) is 19.5 Å². The summed E-state index contributed by atoms with van der Waals surface area (Å²) in [5.41, 5.74) is 4.42. The summed E-state index contributed by atoms with van der Waals surface area (Å²) in [7, 11) is 6.98. The predicted octanol–water partition coefficient (Wildman–Crippen LogP) is 9.34. The molecule has 33 heavy (non-hydrogen) atoms. The summed E-state index contributed by atoms with van der Waals surface area (Å²) < 4.78 is 65.8. The Labute approximate surface area is 201 Å². The molecule has 0 saturated heterocycles. The van der Waals surface area contributed by atoms with Crippen LogP contribution in [-0.2, 0) is 11.0 Å². The average molecular weight is 632 g/mol. The van der Waals surface area contributed by atoms with Gasteiger partial charge in [-0.2, -0.15) is 0 Å². The second-order valence-electron chi connectivity index (χ2n) is 6.64. The molecule has 1 heterocycles. The Hall–Kier alpha value is -1.80. The zero-order chi connectivity index (χ0) is 24.2. The van der Waals surface area contributed by atoms with E-state index in [4.69, 9.17) is 15.4 Å². The van der Waals surface area contributed by atoms with Gasteiger partial charge in [0.2, 0.25) is 0 Å². The summed E-state index contributed by atoms with van der Waals surface area (Å²) in [6.07, 6.45) is 0. The van der Waals surface area contributed by atoms with Crippen LogP contribution in [0.1, 0.15) is 0 Å². The molecule has 1 nitrogen and oxygen atoms in total. The number of thiophene rings is 1. The van der Waals surface area contributed by atoms with Crippen molar-refractivity contribution in [2.75, 3.05) is 0 Å². The summed E-state index contributed by atoms with van der Waals surface area (Å²) >= 11 is -9.67. The molecule has 4 rings (SSSR count). The summed E-state index contributed by atoms with van der Waals surface area (Å²) in [5.74, 6) is 0.835. The van der Waals surface area contributed by atoms with Gasteiger partial charge in [0.15, 0.2) is 20.6 Å². The Morgan fingerprint density at radius 2 is 1.18 bits per heavy atom. The van der Waals surface area contributed by atoms with Crippen LogP contribution in [0.5, 0.6) is 10.8 Å². The van der Waals surface area contributed by atoms with E-state index < -0.39 is 19.5 Å². The monoisotopic (exact) mass is 630 g/mol. The Bertz CT molecular complexity index is 1190. The van der Waals surface area contributed by atoms with Crippen LogP contribution in [0.15, 0.2) is 95.2 Å². The van der Waals surface area contributed by atoms with Crippen LogP contribution >= 0.6 is 22.0 Å². The second kappa shape index (κ2) is 9.45. The Morgan fingerprint density at radius 1 is 0.667 bits per heavy atom. The van der Waals surface area contributed by atoms with Gasteiger partial charge in [0.05, 0.1) is 0 Å². The molecular weight excluding hydrogens is 616 g/mol. The van der Waals surface area contributed by atoms with Crippen molar-refractivity contribution < 1.29 is 21.6 Å². The van der Waals surface area contributed by atoms with Crippen molar-refractivity contribution in [2.24, 2.45) is 0 Å². The van der Waals surface area contributed by atoms with Crippen LogP contribution in [0.4, 0.5) is 16.9 Å². The maximum atomic E-state index is 9.93. The first-order chi connectivity index (χ1) is 15.3. The molecule has 0 radical (unpaired) electrons. The Balaban J connectivity index is 0.000000383. The van der Waals surface area contributed by atoms with Crippen LogP contribution in [0.25, 0.3) is 22.3 Å². The molecule has 0 aliphatic heterocycles. The number of ether oxygens (including phenoxy) is 1. The molecule has 0 unspecified atom stereocenters. The van der Waals surface area contributed by atoms with E-state index in [2.05, 4.69) is 24.3 Å². The van der Waals surface area contributed by atoms with Gasteiger partial charge in [0.25, 0.3) is 0 Å². The number of halogens is 7. The molecule has 0 amide bonds. The van der Waals surface area contributed by atoms with Crippen LogP contribution in [0.3, 0.4) is 0 Å². The molecule has 0 spiro atoms. The normalized spacial score (nSPS) is 13.3. The van der Waals surface area contributed by atoms with E-state index in [9.17, 15) is 16.9 Å². The zero-order valence-corrected chi connectivity index (χ0v) is 21.5. The van der Waals surface area contributed by atoms with Crippen molar-refractivity contribution in [1.29, 1.82) is 0 Å². The zero-order valence-electron chi connectivity index (χ0n) is 16.5. The topological polar surface area (TPSA) is 9.23 Å². The summed E-state index contributed by atoms with van der Waals surface area (Å²) in [6, 6.07) is 28.7. The third kappa shape index (κ3) is 8.81. The third-order valence-corrected chi connectivity index (χ3v) is 5.91. The molecule has 0 saturated carbocycles. The first-order valence-electron chi connectivity index (χ1n) is 9.19. The fraction of sp³-hybridized carbons (Fsp3) is 0. The summed E-state index contributed by atoms with van der Waals surface area (Å²) in [4.78, 5) is 1.07. The predicted molar refractivity (Wildman–Crippen MR) is 127 cm³/mol. The van der Waals surface area contributed by atoms with Gasteiger partial charge in [-0.3, -0.25) is 0 Å². The van der Waals surface area contributed by atoms with Gasteiger partial charge in [-0.25, -0.2) is 0 Å². The third-order valence-electron chi connectivity index (χ3n) is 4.07. The standard InChI is InChI=1S/C22H15ClOS2.6FH.Sb/c23-26-19-14-13-18(24-20-12-7-15-25-20)21(16-8-3-1-4-9-16)22(19)17-10-5-2-6-11-17;;;;;;;/h1-15H;6*1H;/q;;;;;;;+5/p-5. The minimum absolute atomic E-state index is 0.710. The molecule has 0 fully saturated rings. The number of benzene rings is 3. The molecule has 1 aromatic heterocycles. The van der Waals surface area contributed by atoms with Crippen LogP contribution < -0.4 is 4.74 Å². The first-order valence-corrected chi connectivity index (χ1v) is 17.7. The quantitative estimate of drug-likeness (QED) is 0.0924. The Morgan fingerprint density at radius 3 is 1.64 bits per heavy atom. The van der Waals surface area contributed by atoms with Gasteiger partial charge in [-0.15, -0.1) is 11.3 Å². The molecule has 3 aromatic carbocycles. The van der Waals surface area contributed by atoms with Crippen molar-refractivity contribution in [3.05, 3.63) is 90.3 Å². The molecule has 176 valence electrons. The second-order valence-corrected chi connectivity index (χ2v) is 14.2. The summed E-state index contributed by atoms with van der Waals surface area (Å²) in [5, 5.41) is 2.89. The maximum absolute atomic E-state index is 11.2. The van der Waals surface area contributed by atoms with E-state index in [0.29, 0.717) is 11.0 Å². The van der Waals surface area contributed by atoms with E-state index in [0.717, 1.165) is 38.0 Å². The van der Waals surface area contributed by atoms with E-state index in [-0.39, 0.29) is 0 Å². The van der Waals surface area contributed by atoms with Crippen LogP contribution in [0, 0.1) is 0 Å². The van der Waals surface area contributed by atoms with Gasteiger partial charge >= 0.3 is 36.4 Å². The van der Waals surface area contributed by atoms with Crippen molar-refractivity contribution >= 4 is 52.5 Å². The number of rotatable bonds is 5. The molecule has 11 heteroatoms. The Kier molecular flexibility index (Phi) is 7.39.